The number of carbonyl (C=O) groups is 1. The van der Waals surface area contributed by atoms with Crippen molar-refractivity contribution < 1.29 is 18.0 Å². The van der Waals surface area contributed by atoms with Crippen molar-refractivity contribution in [1.82, 2.24) is 20.0 Å². The van der Waals surface area contributed by atoms with Crippen molar-refractivity contribution in [2.45, 2.75) is 19.6 Å². The average molecular weight is 550 g/mol. The molecule has 0 radical (unpaired) electrons. The lowest BCUT2D eigenvalue weighted by Crippen LogP contribution is -2.44. The standard InChI is InChI=1S/C29H30F3N7O/c1-20-3-5-23(17-21(20)7-11-39-12-8-26-27(39)34-10-9-33-26)35-28(40)36-24-6-4-22(25(18-24)29(30,31)32)19-38-15-13-37(2)14-16-38/h3-6,8-10,17-18,33H,12-16,19H2,1-2H3,(H2,35,36,40). The molecular formula is C29H30F3N7O. The number of benzene rings is 2. The summed E-state index contributed by atoms with van der Waals surface area (Å²) < 4.78 is 41.7. The van der Waals surface area contributed by atoms with E-state index in [2.05, 4.69) is 37.8 Å². The molecule has 2 aromatic carbocycles. The number of rotatable bonds is 4. The first kappa shape index (κ1) is 27.3. The summed E-state index contributed by atoms with van der Waals surface area (Å²) in [5, 5.41) is 8.35. The summed E-state index contributed by atoms with van der Waals surface area (Å²) in [5.41, 5.74) is 2.50. The first-order chi connectivity index (χ1) is 19.2. The second-order valence-corrected chi connectivity index (χ2v) is 9.94. The van der Waals surface area contributed by atoms with E-state index >= 15 is 0 Å². The van der Waals surface area contributed by atoms with Crippen LogP contribution in [0.1, 0.15) is 22.3 Å². The van der Waals surface area contributed by atoms with Gasteiger partial charge in [-0.25, -0.2) is 9.79 Å². The number of hydrogen-bond acceptors (Lipinski definition) is 6. The minimum atomic E-state index is -4.54. The number of anilines is 2. The van der Waals surface area contributed by atoms with Gasteiger partial charge < -0.3 is 20.9 Å². The Bertz CT molecular complexity index is 1440. The molecule has 0 spiro atoms. The van der Waals surface area contributed by atoms with Crippen molar-refractivity contribution in [2.75, 3.05) is 50.4 Å². The van der Waals surface area contributed by atoms with Crippen LogP contribution in [0.5, 0.6) is 0 Å². The number of amidine groups is 1. The van der Waals surface area contributed by atoms with Gasteiger partial charge in [-0.3, -0.25) is 9.80 Å². The zero-order chi connectivity index (χ0) is 28.3. The number of likely N-dealkylation sites (N-methyl/N-ethyl adjacent to an activating group) is 1. The summed E-state index contributed by atoms with van der Waals surface area (Å²) in [6.07, 6.45) is 0.875. The molecule has 2 amide bonds. The van der Waals surface area contributed by atoms with Gasteiger partial charge in [0.25, 0.3) is 0 Å². The predicted octanol–water partition coefficient (Wildman–Crippen LogP) is 4.39. The number of piperazine rings is 1. The molecule has 0 unspecified atom stereocenters. The van der Waals surface area contributed by atoms with E-state index in [1.165, 1.54) is 12.1 Å². The van der Waals surface area contributed by atoms with Crippen molar-refractivity contribution in [3.63, 3.8) is 0 Å². The number of aryl methyl sites for hydroxylation is 1. The quantitative estimate of drug-likeness (QED) is 0.494. The van der Waals surface area contributed by atoms with Crippen molar-refractivity contribution in [3.05, 3.63) is 82.8 Å². The second-order valence-electron chi connectivity index (χ2n) is 9.94. The topological polar surface area (TPSA) is 75.2 Å². The molecule has 1 saturated heterocycles. The van der Waals surface area contributed by atoms with Crippen molar-refractivity contribution in [2.24, 2.45) is 4.99 Å². The van der Waals surface area contributed by atoms with E-state index in [-0.39, 0.29) is 17.8 Å². The fourth-order valence-electron chi connectivity index (χ4n) is 4.66. The molecule has 8 nitrogen and oxygen atoms in total. The van der Waals surface area contributed by atoms with Crippen molar-refractivity contribution in [1.29, 1.82) is 0 Å². The molecule has 5 rings (SSSR count). The lowest BCUT2D eigenvalue weighted by molar-refractivity contribution is -0.138. The van der Waals surface area contributed by atoms with Gasteiger partial charge in [-0.05, 0) is 61.4 Å². The summed E-state index contributed by atoms with van der Waals surface area (Å²) in [5.74, 6) is 3.87. The molecule has 11 heteroatoms. The summed E-state index contributed by atoms with van der Waals surface area (Å²) in [6, 6.07) is 11.7. The number of alkyl halides is 3. The van der Waals surface area contributed by atoms with Gasteiger partial charge in [-0.1, -0.05) is 12.1 Å². The second kappa shape index (κ2) is 11.5. The summed E-state index contributed by atoms with van der Waals surface area (Å²) in [7, 11) is 2.00. The Hall–Kier alpha value is -4.27. The van der Waals surface area contributed by atoms with E-state index in [0.717, 1.165) is 36.3 Å². The SMILES string of the molecule is Cc1ccc(NC(=O)Nc2ccc(CN3CCN(C)CC3)c(C(F)(F)F)c2)cc1C#CN1CC=C2NC=CN=C21. The number of halogens is 3. The third-order valence-electron chi connectivity index (χ3n) is 6.97. The van der Waals surface area contributed by atoms with Gasteiger partial charge in [-0.15, -0.1) is 0 Å². The number of nitrogens with one attached hydrogen (secondary N) is 3. The number of aliphatic imine (C=N–C) groups is 1. The van der Waals surface area contributed by atoms with Crippen LogP contribution < -0.4 is 16.0 Å². The Labute approximate surface area is 231 Å². The van der Waals surface area contributed by atoms with Crippen molar-refractivity contribution in [3.8, 4) is 12.0 Å². The average Bonchev–Trinajstić information content (AvgIpc) is 3.33. The van der Waals surface area contributed by atoms with Crippen LogP contribution in [0.2, 0.25) is 0 Å². The Balaban J connectivity index is 1.25. The number of fused-ring (bicyclic) bond motifs is 1. The molecular weight excluding hydrogens is 519 g/mol. The number of hydrogen-bond donors (Lipinski definition) is 3. The van der Waals surface area contributed by atoms with E-state index < -0.39 is 17.8 Å². The molecule has 0 aromatic heterocycles. The minimum Gasteiger partial charge on any atom is -0.357 e. The predicted molar refractivity (Wildman–Crippen MR) is 149 cm³/mol. The third kappa shape index (κ3) is 6.47. The maximum Gasteiger partial charge on any atom is 0.416 e. The third-order valence-corrected chi connectivity index (χ3v) is 6.97. The number of amides is 2. The molecule has 0 bridgehead atoms. The van der Waals surface area contributed by atoms with E-state index in [4.69, 9.17) is 0 Å². The number of carbonyl (C=O) groups excluding carboxylic acids is 1. The highest BCUT2D eigenvalue weighted by molar-refractivity contribution is 6.02. The van der Waals surface area contributed by atoms with Crippen LogP contribution in [0.25, 0.3) is 0 Å². The molecule has 1 fully saturated rings. The van der Waals surface area contributed by atoms with Gasteiger partial charge in [0.1, 0.15) is 0 Å². The first-order valence-corrected chi connectivity index (χ1v) is 12.9. The van der Waals surface area contributed by atoms with Gasteiger partial charge in [0.15, 0.2) is 5.84 Å². The zero-order valence-electron chi connectivity index (χ0n) is 22.3. The molecule has 0 atom stereocenters. The van der Waals surface area contributed by atoms with E-state index in [1.54, 1.807) is 24.5 Å². The molecule has 208 valence electrons. The molecule has 3 aliphatic rings. The van der Waals surface area contributed by atoms with Gasteiger partial charge in [0.2, 0.25) is 0 Å². The maximum atomic E-state index is 13.9. The van der Waals surface area contributed by atoms with Gasteiger partial charge in [0, 0.05) is 68.1 Å². The van der Waals surface area contributed by atoms with E-state index in [9.17, 15) is 18.0 Å². The lowest BCUT2D eigenvalue weighted by atomic mass is 10.0. The molecule has 3 N–H and O–H groups in total. The van der Waals surface area contributed by atoms with E-state index in [1.807, 2.05) is 35.9 Å². The minimum absolute atomic E-state index is 0.0623. The fraction of sp³-hybridized carbons (Fsp3) is 0.310. The van der Waals surface area contributed by atoms with Crippen LogP contribution in [0.4, 0.5) is 29.3 Å². The molecule has 40 heavy (non-hydrogen) atoms. The number of nitrogens with zero attached hydrogens (tertiary/aromatic N) is 4. The van der Waals surface area contributed by atoms with E-state index in [0.29, 0.717) is 30.9 Å². The lowest BCUT2D eigenvalue weighted by Gasteiger charge is -2.33. The van der Waals surface area contributed by atoms with Crippen LogP contribution >= 0.6 is 0 Å². The molecule has 3 aliphatic heterocycles. The largest absolute Gasteiger partial charge is 0.416 e. The Morgan fingerprint density at radius 3 is 2.55 bits per heavy atom. The fourth-order valence-corrected chi connectivity index (χ4v) is 4.66. The molecule has 0 saturated carbocycles. The highest BCUT2D eigenvalue weighted by Gasteiger charge is 2.34. The zero-order valence-corrected chi connectivity index (χ0v) is 22.3. The van der Waals surface area contributed by atoms with Gasteiger partial charge in [-0.2, -0.15) is 13.2 Å². The van der Waals surface area contributed by atoms with Gasteiger partial charge in [0.05, 0.1) is 17.8 Å². The highest BCUT2D eigenvalue weighted by atomic mass is 19.4. The van der Waals surface area contributed by atoms with Crippen LogP contribution in [0.15, 0.2) is 65.6 Å². The molecule has 2 aromatic rings. The van der Waals surface area contributed by atoms with Crippen molar-refractivity contribution >= 4 is 23.2 Å². The van der Waals surface area contributed by atoms with Crippen LogP contribution in [0.3, 0.4) is 0 Å². The summed E-state index contributed by atoms with van der Waals surface area (Å²) in [4.78, 5) is 23.0. The Kier molecular flexibility index (Phi) is 7.82. The highest BCUT2D eigenvalue weighted by Crippen LogP contribution is 2.34. The number of urea groups is 1. The van der Waals surface area contributed by atoms with Crippen LogP contribution in [0, 0.1) is 18.9 Å². The Morgan fingerprint density at radius 2 is 1.80 bits per heavy atom. The molecule has 3 heterocycles. The Morgan fingerprint density at radius 1 is 1.07 bits per heavy atom. The molecule has 0 aliphatic carbocycles. The summed E-state index contributed by atoms with van der Waals surface area (Å²) >= 11 is 0. The maximum absolute atomic E-state index is 13.9. The van der Waals surface area contributed by atoms with Crippen LogP contribution in [-0.2, 0) is 12.7 Å². The monoisotopic (exact) mass is 549 g/mol. The van der Waals surface area contributed by atoms with Crippen LogP contribution in [-0.4, -0.2) is 66.3 Å². The van der Waals surface area contributed by atoms with Gasteiger partial charge >= 0.3 is 12.2 Å². The normalized spacial score (nSPS) is 17.3. The summed E-state index contributed by atoms with van der Waals surface area (Å²) in [6.45, 7) is 5.76. The smallest absolute Gasteiger partial charge is 0.357 e. The first-order valence-electron chi connectivity index (χ1n) is 12.9.